The summed E-state index contributed by atoms with van der Waals surface area (Å²) in [5.41, 5.74) is 2.74. The van der Waals surface area contributed by atoms with Gasteiger partial charge in [0.05, 0.1) is 0 Å². The van der Waals surface area contributed by atoms with Crippen molar-refractivity contribution >= 4 is 0 Å². The topological polar surface area (TPSA) is 40.0 Å². The Hall–Kier alpha value is -1.06. The summed E-state index contributed by atoms with van der Waals surface area (Å²) in [6, 6.07) is 0. The largest absolute Gasteiger partial charge is 0.252 e. The minimum atomic E-state index is 0.963. The van der Waals surface area contributed by atoms with Crippen molar-refractivity contribution in [1.29, 1.82) is 0 Å². The molecular weight excluding hydrogens is 104 g/mol. The summed E-state index contributed by atoms with van der Waals surface area (Å²) in [4.78, 5) is 0. The van der Waals surface area contributed by atoms with Gasteiger partial charge in [-0.2, -0.15) is 5.53 Å². The van der Waals surface area contributed by atoms with Crippen LogP contribution >= 0.6 is 0 Å². The van der Waals surface area contributed by atoms with E-state index in [0.717, 1.165) is 18.8 Å². The summed E-state index contributed by atoms with van der Waals surface area (Å²) >= 11 is 0. The van der Waals surface area contributed by atoms with Crippen LogP contribution in [0.4, 0.5) is 0 Å². The van der Waals surface area contributed by atoms with E-state index in [4.69, 9.17) is 0 Å². The highest BCUT2D eigenvalue weighted by molar-refractivity contribution is 5.04. The summed E-state index contributed by atoms with van der Waals surface area (Å²) in [5, 5.41) is 9.32. The Morgan fingerprint density at radius 3 is 3.62 bits per heavy atom. The first-order chi connectivity index (χ1) is 3.97. The summed E-state index contributed by atoms with van der Waals surface area (Å²) in [5.74, 6) is 0.963. The highest BCUT2D eigenvalue weighted by Gasteiger charge is 2.17. The fourth-order valence-electron chi connectivity index (χ4n) is 0.871. The number of fused-ring (bicyclic) bond motifs is 1. The van der Waals surface area contributed by atoms with Crippen LogP contribution in [0.25, 0.3) is 0 Å². The highest BCUT2D eigenvalue weighted by Crippen LogP contribution is 2.16. The Bertz CT molecular complexity index is 159. The van der Waals surface area contributed by atoms with Crippen molar-refractivity contribution in [3.63, 3.8) is 0 Å². The number of hydrogen-bond acceptors (Lipinski definition) is 4. The molecule has 0 aromatic rings. The van der Waals surface area contributed by atoms with Crippen LogP contribution in [-0.2, 0) is 0 Å². The molecule has 0 bridgehead atoms. The van der Waals surface area contributed by atoms with Gasteiger partial charge in [-0.25, -0.2) is 0 Å². The molecule has 2 aliphatic rings. The van der Waals surface area contributed by atoms with Crippen molar-refractivity contribution in [2.75, 3.05) is 6.54 Å². The molecule has 0 aromatic heterocycles. The fraction of sp³-hybridized carbons (Fsp3) is 0.500. The highest BCUT2D eigenvalue weighted by atomic mass is 15.8. The lowest BCUT2D eigenvalue weighted by Crippen LogP contribution is -2.25. The van der Waals surface area contributed by atoms with Crippen molar-refractivity contribution in [1.82, 2.24) is 10.5 Å². The summed E-state index contributed by atoms with van der Waals surface area (Å²) in [7, 11) is 0. The zero-order chi connectivity index (χ0) is 5.40. The van der Waals surface area contributed by atoms with E-state index in [-0.39, 0.29) is 0 Å². The first-order valence-electron chi connectivity index (χ1n) is 2.61. The van der Waals surface area contributed by atoms with Gasteiger partial charge >= 0.3 is 0 Å². The van der Waals surface area contributed by atoms with Crippen LogP contribution in [0, 0.1) is 0 Å². The molecule has 8 heavy (non-hydrogen) atoms. The zero-order valence-electron chi connectivity index (χ0n) is 4.33. The summed E-state index contributed by atoms with van der Waals surface area (Å²) in [6.45, 7) is 1.00. The Kier molecular flexibility index (Phi) is 0.588. The monoisotopic (exact) mass is 110 g/mol. The molecule has 0 radical (unpaired) electrons. The van der Waals surface area contributed by atoms with Crippen molar-refractivity contribution in [2.45, 2.75) is 6.42 Å². The van der Waals surface area contributed by atoms with E-state index < -0.39 is 0 Å². The molecule has 2 rings (SSSR count). The van der Waals surface area contributed by atoms with Gasteiger partial charge in [0.25, 0.3) is 0 Å². The number of rotatable bonds is 0. The molecule has 0 saturated heterocycles. The average Bonchev–Trinajstić information content (AvgIpc) is 2.15. The number of hydrazine groups is 1. The molecular formula is C4H6N4. The smallest absolute Gasteiger partial charge is 0.168 e. The SMILES string of the molecule is C1=C2N=NNN2CC1. The van der Waals surface area contributed by atoms with Crippen LogP contribution in [0.1, 0.15) is 6.42 Å². The van der Waals surface area contributed by atoms with E-state index in [2.05, 4.69) is 21.9 Å². The minimum absolute atomic E-state index is 0.963. The molecule has 0 atom stereocenters. The maximum atomic E-state index is 3.80. The normalized spacial score (nSPS) is 23.0. The Morgan fingerprint density at radius 1 is 1.75 bits per heavy atom. The molecule has 0 aromatic carbocycles. The standard InChI is InChI=1S/C4H6N4/c1-2-4-5-6-7-8(4)3-1/h2H,1,3H2,(H,5,7). The van der Waals surface area contributed by atoms with E-state index in [1.807, 2.05) is 5.01 Å². The summed E-state index contributed by atoms with van der Waals surface area (Å²) in [6.07, 6.45) is 3.14. The van der Waals surface area contributed by atoms with Crippen molar-refractivity contribution in [2.24, 2.45) is 10.3 Å². The van der Waals surface area contributed by atoms with Crippen LogP contribution in [0.3, 0.4) is 0 Å². The van der Waals surface area contributed by atoms with Crippen LogP contribution in [0.15, 0.2) is 22.2 Å². The number of hydrogen-bond donors (Lipinski definition) is 1. The number of nitrogens with one attached hydrogen (secondary N) is 1. The molecule has 42 valence electrons. The minimum Gasteiger partial charge on any atom is -0.252 e. The van der Waals surface area contributed by atoms with Gasteiger partial charge < -0.3 is 0 Å². The van der Waals surface area contributed by atoms with Gasteiger partial charge in [0.1, 0.15) is 0 Å². The second kappa shape index (κ2) is 1.21. The van der Waals surface area contributed by atoms with Gasteiger partial charge in [0.2, 0.25) is 0 Å². The van der Waals surface area contributed by atoms with E-state index in [1.54, 1.807) is 0 Å². The van der Waals surface area contributed by atoms with Crippen molar-refractivity contribution in [3.8, 4) is 0 Å². The molecule has 1 N–H and O–H groups in total. The first-order valence-corrected chi connectivity index (χ1v) is 2.61. The molecule has 0 fully saturated rings. The van der Waals surface area contributed by atoms with Gasteiger partial charge in [0.15, 0.2) is 5.82 Å². The Balaban J connectivity index is 2.31. The second-order valence-electron chi connectivity index (χ2n) is 1.80. The predicted octanol–water partition coefficient (Wildman–Crippen LogP) is 0.419. The quantitative estimate of drug-likeness (QED) is 0.491. The van der Waals surface area contributed by atoms with Crippen molar-refractivity contribution < 1.29 is 0 Å². The van der Waals surface area contributed by atoms with Gasteiger partial charge in [0, 0.05) is 6.54 Å². The maximum Gasteiger partial charge on any atom is 0.168 e. The van der Waals surface area contributed by atoms with E-state index in [0.29, 0.717) is 0 Å². The molecule has 0 saturated carbocycles. The second-order valence-corrected chi connectivity index (χ2v) is 1.80. The average molecular weight is 110 g/mol. The lowest BCUT2D eigenvalue weighted by atomic mass is 10.5. The first kappa shape index (κ1) is 3.88. The van der Waals surface area contributed by atoms with Gasteiger partial charge in [-0.15, -0.1) is 5.11 Å². The Labute approximate surface area is 46.8 Å². The molecule has 0 spiro atoms. The molecule has 4 heteroatoms. The van der Waals surface area contributed by atoms with Gasteiger partial charge in [-0.1, -0.05) is 5.22 Å². The third-order valence-electron chi connectivity index (χ3n) is 1.27. The van der Waals surface area contributed by atoms with Gasteiger partial charge in [-0.05, 0) is 12.5 Å². The lowest BCUT2D eigenvalue weighted by molar-refractivity contribution is 0.306. The molecule has 2 heterocycles. The van der Waals surface area contributed by atoms with Crippen LogP contribution in [-0.4, -0.2) is 11.6 Å². The third kappa shape index (κ3) is 0.344. The molecule has 4 nitrogen and oxygen atoms in total. The van der Waals surface area contributed by atoms with Gasteiger partial charge in [-0.3, -0.25) is 5.01 Å². The number of nitrogens with zero attached hydrogens (tertiary/aromatic N) is 3. The van der Waals surface area contributed by atoms with Crippen LogP contribution in [0.5, 0.6) is 0 Å². The van der Waals surface area contributed by atoms with E-state index in [9.17, 15) is 0 Å². The van der Waals surface area contributed by atoms with Crippen LogP contribution < -0.4 is 5.53 Å². The molecule has 2 aliphatic heterocycles. The predicted molar refractivity (Wildman–Crippen MR) is 27.4 cm³/mol. The molecule has 0 unspecified atom stereocenters. The fourth-order valence-corrected chi connectivity index (χ4v) is 0.871. The van der Waals surface area contributed by atoms with E-state index in [1.165, 1.54) is 0 Å². The van der Waals surface area contributed by atoms with Crippen LogP contribution in [0.2, 0.25) is 0 Å². The summed E-state index contributed by atoms with van der Waals surface area (Å²) < 4.78 is 0. The third-order valence-corrected chi connectivity index (χ3v) is 1.27. The van der Waals surface area contributed by atoms with Crippen molar-refractivity contribution in [3.05, 3.63) is 11.9 Å². The van der Waals surface area contributed by atoms with E-state index >= 15 is 0 Å². The molecule has 0 aliphatic carbocycles. The maximum absolute atomic E-state index is 3.80. The molecule has 0 amide bonds. The lowest BCUT2D eigenvalue weighted by Gasteiger charge is -2.07. The zero-order valence-corrected chi connectivity index (χ0v) is 4.33. The Morgan fingerprint density at radius 2 is 2.75 bits per heavy atom.